The van der Waals surface area contributed by atoms with E-state index >= 15 is 0 Å². The Morgan fingerprint density at radius 3 is 0.875 bits per heavy atom. The molecule has 0 amide bonds. The van der Waals surface area contributed by atoms with Crippen molar-refractivity contribution in [2.45, 2.75) is 204 Å². The normalized spacial score (nSPS) is 12.4. The second-order valence-electron chi connectivity index (χ2n) is 15.9. The first-order valence-electron chi connectivity index (χ1n) is 23.4. The van der Waals surface area contributed by atoms with Crippen LogP contribution >= 0.6 is 0 Å². The first-order valence-corrected chi connectivity index (χ1v) is 26.4. The van der Waals surface area contributed by atoms with Crippen LogP contribution in [0.25, 0.3) is 0 Å². The van der Waals surface area contributed by atoms with Crippen LogP contribution in [0.2, 0.25) is 0 Å². The number of rotatable bonds is 45. The van der Waals surface area contributed by atoms with E-state index in [0.29, 0.717) is 26.1 Å². The summed E-state index contributed by atoms with van der Waals surface area (Å²) in [5.41, 5.74) is 0. The third kappa shape index (κ3) is 42.9. The van der Waals surface area contributed by atoms with Gasteiger partial charge in [0.15, 0.2) is 10.5 Å². The fraction of sp³-hybridized carbons (Fsp3) is 0.909. The minimum Gasteiger partial charge on any atom is -0.747 e. The summed E-state index contributed by atoms with van der Waals surface area (Å²) in [5, 5.41) is -4.36. The summed E-state index contributed by atoms with van der Waals surface area (Å²) in [4.78, 5) is 48.8. The van der Waals surface area contributed by atoms with Crippen molar-refractivity contribution >= 4 is 44.1 Å². The van der Waals surface area contributed by atoms with Crippen molar-refractivity contribution in [3.05, 3.63) is 0 Å². The number of hydrogen-bond donors (Lipinski definition) is 0. The van der Waals surface area contributed by atoms with Crippen LogP contribution in [0.15, 0.2) is 0 Å². The third-order valence-corrected chi connectivity index (χ3v) is 12.3. The molecule has 0 aromatic heterocycles. The first kappa shape index (κ1) is 67.9. The van der Waals surface area contributed by atoms with E-state index < -0.39 is 67.5 Å². The van der Waals surface area contributed by atoms with Gasteiger partial charge >= 0.3 is 83.0 Å². The molecule has 0 bridgehead atoms. The number of unbranched alkanes of at least 4 members (excludes halogenated alkanes) is 23. The van der Waals surface area contributed by atoms with Crippen molar-refractivity contribution in [2.24, 2.45) is 0 Å². The number of ether oxygens (including phenoxy) is 6. The molecule has 2 unspecified atom stereocenters. The van der Waals surface area contributed by atoms with Crippen molar-refractivity contribution in [1.82, 2.24) is 0 Å². The Balaban J connectivity index is -0.0000186. The second-order valence-corrected chi connectivity index (χ2v) is 19.0. The van der Waals surface area contributed by atoms with Crippen LogP contribution in [-0.4, -0.2) is 113 Å². The largest absolute Gasteiger partial charge is 1.00 e. The van der Waals surface area contributed by atoms with Crippen LogP contribution in [0.4, 0.5) is 0 Å². The molecular weight excluding hydrogens is 895 g/mol. The molecule has 0 saturated carbocycles. The SMILES string of the molecule is CCCCCCCCCCCCOC(=O)CC(C(=O)OCCOCCCCCCCCOCCOC(=O)C(CC(=O)OCCCCCCCCCCCC)S(=O)(=O)[O-])S(=O)(=O)[O-].[Na+].[Na+]. The van der Waals surface area contributed by atoms with Crippen LogP contribution < -0.4 is 59.1 Å². The molecule has 0 aromatic carbocycles. The Kier molecular flexibility index (Phi) is 49.2. The van der Waals surface area contributed by atoms with Gasteiger partial charge in [-0.3, -0.25) is 19.2 Å². The molecule has 366 valence electrons. The molecule has 0 rings (SSSR count). The number of carbonyl (C=O) groups excluding carboxylic acids is 4. The molecule has 0 saturated heterocycles. The summed E-state index contributed by atoms with van der Waals surface area (Å²) < 4.78 is 101. The molecule has 2 atom stereocenters. The van der Waals surface area contributed by atoms with Gasteiger partial charge in [0, 0.05) is 13.2 Å². The van der Waals surface area contributed by atoms with Gasteiger partial charge in [0.05, 0.1) is 39.3 Å². The van der Waals surface area contributed by atoms with Crippen molar-refractivity contribution in [3.63, 3.8) is 0 Å². The van der Waals surface area contributed by atoms with Gasteiger partial charge in [-0.25, -0.2) is 16.8 Å². The summed E-state index contributed by atoms with van der Waals surface area (Å²) in [6, 6.07) is 0. The molecular formula is C44H80Na2O16S2. The number of hydrogen-bond acceptors (Lipinski definition) is 16. The van der Waals surface area contributed by atoms with Crippen LogP contribution in [0.3, 0.4) is 0 Å². The first-order chi connectivity index (χ1) is 29.7. The Hall–Kier alpha value is -0.380. The van der Waals surface area contributed by atoms with Crippen LogP contribution in [0.5, 0.6) is 0 Å². The maximum Gasteiger partial charge on any atom is 1.00 e. The molecule has 0 aliphatic carbocycles. The van der Waals surface area contributed by atoms with Gasteiger partial charge in [-0.15, -0.1) is 0 Å². The van der Waals surface area contributed by atoms with Crippen molar-refractivity contribution in [1.29, 1.82) is 0 Å². The van der Waals surface area contributed by atoms with E-state index in [-0.39, 0.29) is 98.8 Å². The molecule has 16 nitrogen and oxygen atoms in total. The van der Waals surface area contributed by atoms with Crippen molar-refractivity contribution in [3.8, 4) is 0 Å². The van der Waals surface area contributed by atoms with Gasteiger partial charge in [0.2, 0.25) is 0 Å². The predicted octanol–water partition coefficient (Wildman–Crippen LogP) is 1.99. The molecule has 0 spiro atoms. The zero-order chi connectivity index (χ0) is 46.2. The van der Waals surface area contributed by atoms with Gasteiger partial charge in [-0.1, -0.05) is 155 Å². The van der Waals surface area contributed by atoms with E-state index in [9.17, 15) is 45.1 Å². The summed E-state index contributed by atoms with van der Waals surface area (Å²) in [7, 11) is -10.3. The topological polar surface area (TPSA) is 238 Å². The van der Waals surface area contributed by atoms with Crippen LogP contribution in [0.1, 0.15) is 194 Å². The fourth-order valence-electron chi connectivity index (χ4n) is 6.49. The van der Waals surface area contributed by atoms with Crippen LogP contribution in [-0.2, 0) is 67.8 Å². The van der Waals surface area contributed by atoms with E-state index in [0.717, 1.165) is 77.0 Å². The molecule has 0 aliphatic heterocycles. The minimum atomic E-state index is -5.14. The molecule has 64 heavy (non-hydrogen) atoms. The average molecular weight is 975 g/mol. The van der Waals surface area contributed by atoms with E-state index in [1.54, 1.807) is 0 Å². The van der Waals surface area contributed by atoms with Gasteiger partial charge in [0.25, 0.3) is 0 Å². The summed E-state index contributed by atoms with van der Waals surface area (Å²) in [6.45, 7) is 4.74. The van der Waals surface area contributed by atoms with E-state index in [2.05, 4.69) is 13.8 Å². The van der Waals surface area contributed by atoms with E-state index in [1.165, 1.54) is 77.0 Å². The maximum absolute atomic E-state index is 12.3. The molecule has 0 radical (unpaired) electrons. The molecule has 0 aromatic rings. The Morgan fingerprint density at radius 1 is 0.359 bits per heavy atom. The molecule has 20 heteroatoms. The molecule has 0 fully saturated rings. The second kappa shape index (κ2) is 46.4. The smallest absolute Gasteiger partial charge is 0.747 e. The van der Waals surface area contributed by atoms with Gasteiger partial charge < -0.3 is 37.5 Å². The van der Waals surface area contributed by atoms with E-state index in [4.69, 9.17) is 28.4 Å². The Labute approximate surface area is 430 Å². The average Bonchev–Trinajstić information content (AvgIpc) is 3.21. The Morgan fingerprint density at radius 2 is 0.609 bits per heavy atom. The van der Waals surface area contributed by atoms with Crippen molar-refractivity contribution < 1.29 is 133 Å². The fourth-order valence-corrected chi connectivity index (χ4v) is 7.77. The Bertz CT molecular complexity index is 1270. The van der Waals surface area contributed by atoms with Crippen LogP contribution in [0, 0.1) is 0 Å². The monoisotopic (exact) mass is 974 g/mol. The van der Waals surface area contributed by atoms with E-state index in [1.807, 2.05) is 0 Å². The quantitative estimate of drug-likeness (QED) is 0.0279. The standard InChI is InChI=1S/C44H82O16S2.2Na/c1-3-5-7-9-11-13-15-17-23-27-31-57-41(45)37-39(61(49,50)51)43(47)59-35-33-55-29-25-21-19-20-22-26-30-56-34-36-60-44(48)40(62(52,53)54)38-42(46)58-32-28-24-18-16-14-12-10-8-6-4-2;;/h39-40H,3-38H2,1-2H3,(H,49,50,51)(H,52,53,54);;/q;2*+1/p-2. The van der Waals surface area contributed by atoms with Gasteiger partial charge in [-0.05, 0) is 25.7 Å². The molecule has 0 heterocycles. The summed E-state index contributed by atoms with van der Waals surface area (Å²) in [6.07, 6.45) is 25.2. The van der Waals surface area contributed by atoms with Gasteiger partial charge in [-0.2, -0.15) is 0 Å². The summed E-state index contributed by atoms with van der Waals surface area (Å²) >= 11 is 0. The molecule has 0 N–H and O–H groups in total. The number of carbonyl (C=O) groups is 4. The third-order valence-electron chi connectivity index (χ3n) is 10.2. The number of esters is 4. The minimum absolute atomic E-state index is 0. The zero-order valence-corrected chi connectivity index (χ0v) is 45.6. The zero-order valence-electron chi connectivity index (χ0n) is 40.0. The maximum atomic E-state index is 12.3. The predicted molar refractivity (Wildman–Crippen MR) is 233 cm³/mol. The molecule has 0 aliphatic rings. The van der Waals surface area contributed by atoms with Crippen molar-refractivity contribution in [2.75, 3.05) is 52.9 Å². The summed E-state index contributed by atoms with van der Waals surface area (Å²) in [5.74, 6) is -4.50. The van der Waals surface area contributed by atoms with Gasteiger partial charge in [0.1, 0.15) is 33.5 Å².